The molecule has 1 fully saturated rings. The summed E-state index contributed by atoms with van der Waals surface area (Å²) in [6.45, 7) is 5.42. The number of likely N-dealkylation sites (N-methyl/N-ethyl adjacent to an activating group) is 1. The summed E-state index contributed by atoms with van der Waals surface area (Å²) in [5.74, 6) is 1.33. The fourth-order valence-corrected chi connectivity index (χ4v) is 4.07. The highest BCUT2D eigenvalue weighted by Crippen LogP contribution is 2.30. The lowest BCUT2D eigenvalue weighted by molar-refractivity contribution is 0.482. The lowest BCUT2D eigenvalue weighted by Gasteiger charge is -2.23. The van der Waals surface area contributed by atoms with Gasteiger partial charge in [-0.3, -0.25) is 4.68 Å². The van der Waals surface area contributed by atoms with E-state index in [9.17, 15) is 0 Å². The maximum atomic E-state index is 4.55. The molecule has 0 saturated carbocycles. The molecular weight excluding hydrogens is 242 g/mol. The maximum absolute atomic E-state index is 4.55. The van der Waals surface area contributed by atoms with Crippen molar-refractivity contribution in [2.24, 2.45) is 7.05 Å². The van der Waals surface area contributed by atoms with E-state index < -0.39 is 0 Å². The number of thioether (sulfide) groups is 1. The summed E-state index contributed by atoms with van der Waals surface area (Å²) in [7, 11) is 2.07. The van der Waals surface area contributed by atoms with Crippen LogP contribution in [0.15, 0.2) is 6.07 Å². The second-order valence-electron chi connectivity index (χ2n) is 5.02. The van der Waals surface area contributed by atoms with E-state index in [-0.39, 0.29) is 0 Å². The highest BCUT2D eigenvalue weighted by molar-refractivity contribution is 8.00. The van der Waals surface area contributed by atoms with E-state index in [1.54, 1.807) is 0 Å². The molecular formula is C14H25N3S. The van der Waals surface area contributed by atoms with Crippen molar-refractivity contribution in [2.45, 2.75) is 50.8 Å². The fourth-order valence-electron chi connectivity index (χ4n) is 2.68. The van der Waals surface area contributed by atoms with Crippen molar-refractivity contribution in [3.8, 4) is 0 Å². The first-order chi connectivity index (χ1) is 8.74. The van der Waals surface area contributed by atoms with Gasteiger partial charge in [0.2, 0.25) is 0 Å². The zero-order valence-corrected chi connectivity index (χ0v) is 12.6. The van der Waals surface area contributed by atoms with E-state index in [1.165, 1.54) is 30.0 Å². The predicted molar refractivity (Wildman–Crippen MR) is 79.2 cm³/mol. The van der Waals surface area contributed by atoms with Crippen molar-refractivity contribution in [3.05, 3.63) is 17.5 Å². The number of aryl methyl sites for hydroxylation is 2. The van der Waals surface area contributed by atoms with Gasteiger partial charge in [-0.2, -0.15) is 16.9 Å². The number of rotatable bonds is 6. The van der Waals surface area contributed by atoms with Crippen molar-refractivity contribution in [3.63, 3.8) is 0 Å². The monoisotopic (exact) mass is 267 g/mol. The first-order valence-corrected chi connectivity index (χ1v) is 8.16. The Balaban J connectivity index is 2.04. The quantitative estimate of drug-likeness (QED) is 0.858. The van der Waals surface area contributed by atoms with Gasteiger partial charge in [0.15, 0.2) is 0 Å². The summed E-state index contributed by atoms with van der Waals surface area (Å²) >= 11 is 2.14. The molecule has 2 heterocycles. The molecule has 0 radical (unpaired) electrons. The van der Waals surface area contributed by atoms with Gasteiger partial charge in [-0.05, 0) is 37.6 Å². The van der Waals surface area contributed by atoms with Crippen LogP contribution in [0.5, 0.6) is 0 Å². The minimum absolute atomic E-state index is 0.600. The summed E-state index contributed by atoms with van der Waals surface area (Å²) in [4.78, 5) is 0. The standard InChI is InChI=1S/C14H25N3S/c1-4-11-9-12(17(3)16-11)10-13(15-5-2)14-7-6-8-18-14/h9,13-15H,4-8,10H2,1-3H3. The van der Waals surface area contributed by atoms with Gasteiger partial charge >= 0.3 is 0 Å². The van der Waals surface area contributed by atoms with Crippen LogP contribution in [0, 0.1) is 0 Å². The van der Waals surface area contributed by atoms with Crippen LogP contribution < -0.4 is 5.32 Å². The van der Waals surface area contributed by atoms with Crippen molar-refractivity contribution >= 4 is 11.8 Å². The van der Waals surface area contributed by atoms with Gasteiger partial charge in [0, 0.05) is 30.5 Å². The van der Waals surface area contributed by atoms with Crippen molar-refractivity contribution < 1.29 is 0 Å². The van der Waals surface area contributed by atoms with Crippen LogP contribution in [-0.4, -0.2) is 33.4 Å². The first kappa shape index (κ1) is 13.9. The van der Waals surface area contributed by atoms with E-state index >= 15 is 0 Å². The number of aromatic nitrogens is 2. The number of nitrogens with one attached hydrogen (secondary N) is 1. The molecule has 1 aromatic rings. The zero-order chi connectivity index (χ0) is 13.0. The van der Waals surface area contributed by atoms with Gasteiger partial charge < -0.3 is 5.32 Å². The Morgan fingerprint density at radius 1 is 1.56 bits per heavy atom. The second kappa shape index (κ2) is 6.62. The molecule has 2 atom stereocenters. The molecule has 1 aliphatic rings. The van der Waals surface area contributed by atoms with Crippen LogP contribution in [0.4, 0.5) is 0 Å². The lowest BCUT2D eigenvalue weighted by atomic mass is 10.0. The van der Waals surface area contributed by atoms with Crippen LogP contribution in [-0.2, 0) is 19.9 Å². The molecule has 18 heavy (non-hydrogen) atoms. The van der Waals surface area contributed by atoms with Gasteiger partial charge in [-0.1, -0.05) is 13.8 Å². The van der Waals surface area contributed by atoms with Gasteiger partial charge in [-0.25, -0.2) is 0 Å². The van der Waals surface area contributed by atoms with Crippen LogP contribution in [0.1, 0.15) is 38.1 Å². The average Bonchev–Trinajstić information content (AvgIpc) is 2.99. The van der Waals surface area contributed by atoms with E-state index in [2.05, 4.69) is 53.8 Å². The molecule has 2 unspecified atom stereocenters. The molecule has 1 saturated heterocycles. The second-order valence-corrected chi connectivity index (χ2v) is 6.37. The summed E-state index contributed by atoms with van der Waals surface area (Å²) in [6.07, 6.45) is 4.87. The fraction of sp³-hybridized carbons (Fsp3) is 0.786. The minimum atomic E-state index is 0.600. The lowest BCUT2D eigenvalue weighted by Crippen LogP contribution is -2.39. The maximum Gasteiger partial charge on any atom is 0.0624 e. The molecule has 2 rings (SSSR count). The summed E-state index contributed by atoms with van der Waals surface area (Å²) in [5, 5.41) is 9.00. The Morgan fingerprint density at radius 2 is 2.39 bits per heavy atom. The Kier molecular flexibility index (Phi) is 5.13. The third-order valence-electron chi connectivity index (χ3n) is 3.70. The van der Waals surface area contributed by atoms with Crippen LogP contribution in [0.3, 0.4) is 0 Å². The molecule has 4 heteroatoms. The van der Waals surface area contributed by atoms with Gasteiger partial charge in [-0.15, -0.1) is 0 Å². The highest BCUT2D eigenvalue weighted by atomic mass is 32.2. The molecule has 1 aromatic heterocycles. The number of hydrogen-bond acceptors (Lipinski definition) is 3. The Morgan fingerprint density at radius 3 is 2.94 bits per heavy atom. The van der Waals surface area contributed by atoms with Crippen molar-refractivity contribution in [2.75, 3.05) is 12.3 Å². The zero-order valence-electron chi connectivity index (χ0n) is 11.8. The van der Waals surface area contributed by atoms with Crippen LogP contribution in [0.25, 0.3) is 0 Å². The topological polar surface area (TPSA) is 29.9 Å². The summed E-state index contributed by atoms with van der Waals surface area (Å²) in [6, 6.07) is 2.87. The number of hydrogen-bond donors (Lipinski definition) is 1. The van der Waals surface area contributed by atoms with E-state index in [0.29, 0.717) is 6.04 Å². The Hall–Kier alpha value is -0.480. The molecule has 0 amide bonds. The highest BCUT2D eigenvalue weighted by Gasteiger charge is 2.26. The van der Waals surface area contributed by atoms with E-state index in [4.69, 9.17) is 0 Å². The molecule has 0 aliphatic carbocycles. The third-order valence-corrected chi connectivity index (χ3v) is 5.22. The van der Waals surface area contributed by atoms with Crippen molar-refractivity contribution in [1.29, 1.82) is 0 Å². The SMILES string of the molecule is CCNC(Cc1cc(CC)nn1C)C1CCCS1. The van der Waals surface area contributed by atoms with Gasteiger partial charge in [0.1, 0.15) is 0 Å². The van der Waals surface area contributed by atoms with Crippen molar-refractivity contribution in [1.82, 2.24) is 15.1 Å². The molecule has 1 aliphatic heterocycles. The minimum Gasteiger partial charge on any atom is -0.313 e. The predicted octanol–water partition coefficient (Wildman–Crippen LogP) is 2.40. The smallest absolute Gasteiger partial charge is 0.0624 e. The molecule has 0 aromatic carbocycles. The molecule has 1 N–H and O–H groups in total. The Bertz CT molecular complexity index is 369. The van der Waals surface area contributed by atoms with Crippen LogP contribution in [0.2, 0.25) is 0 Å². The molecule has 3 nitrogen and oxygen atoms in total. The van der Waals surface area contributed by atoms with Crippen LogP contribution >= 0.6 is 11.8 Å². The van der Waals surface area contributed by atoms with E-state index in [0.717, 1.165) is 24.6 Å². The van der Waals surface area contributed by atoms with Gasteiger partial charge in [0.05, 0.1) is 5.69 Å². The number of nitrogens with zero attached hydrogens (tertiary/aromatic N) is 2. The first-order valence-electron chi connectivity index (χ1n) is 7.11. The normalized spacial score (nSPS) is 21.4. The largest absolute Gasteiger partial charge is 0.313 e. The molecule has 0 spiro atoms. The van der Waals surface area contributed by atoms with E-state index in [1.807, 2.05) is 0 Å². The summed E-state index contributed by atoms with van der Waals surface area (Å²) in [5.41, 5.74) is 2.58. The molecule has 102 valence electrons. The third kappa shape index (κ3) is 3.29. The Labute approximate surface area is 115 Å². The van der Waals surface area contributed by atoms with Gasteiger partial charge in [0.25, 0.3) is 0 Å². The molecule has 0 bridgehead atoms. The average molecular weight is 267 g/mol. The summed E-state index contributed by atoms with van der Waals surface area (Å²) < 4.78 is 2.06.